The van der Waals surface area contributed by atoms with Crippen LogP contribution < -0.4 is 4.90 Å². The number of sulfonamides is 1. The van der Waals surface area contributed by atoms with E-state index in [1.165, 1.54) is 4.31 Å². The first-order chi connectivity index (χ1) is 17.8. The normalized spacial score (nSPS) is 19.8. The zero-order chi connectivity index (χ0) is 26.2. The Morgan fingerprint density at radius 2 is 1.68 bits per heavy atom. The molecular formula is C28H30N2O5S2. The molecule has 1 aliphatic heterocycles. The van der Waals surface area contributed by atoms with Crippen molar-refractivity contribution in [1.82, 2.24) is 4.31 Å². The second-order valence-corrected chi connectivity index (χ2v) is 12.8. The fourth-order valence-corrected chi connectivity index (χ4v) is 7.86. The Morgan fingerprint density at radius 3 is 2.32 bits per heavy atom. The summed E-state index contributed by atoms with van der Waals surface area (Å²) in [5.74, 6) is -1.39. The highest BCUT2D eigenvalue weighted by atomic mass is 32.2. The molecule has 1 aromatic heterocycles. The van der Waals surface area contributed by atoms with Crippen molar-refractivity contribution in [3.8, 4) is 10.4 Å². The lowest BCUT2D eigenvalue weighted by Gasteiger charge is -2.44. The second-order valence-electron chi connectivity index (χ2n) is 9.84. The molecule has 9 heteroatoms. The Morgan fingerprint density at radius 1 is 1.00 bits per heavy atom. The largest absolute Gasteiger partial charge is 0.477 e. The minimum Gasteiger partial charge on any atom is -0.477 e. The van der Waals surface area contributed by atoms with Gasteiger partial charge in [-0.2, -0.15) is 4.31 Å². The zero-order valence-electron chi connectivity index (χ0n) is 20.7. The van der Waals surface area contributed by atoms with Crippen LogP contribution in [0.25, 0.3) is 10.4 Å². The van der Waals surface area contributed by atoms with Gasteiger partial charge in [0.15, 0.2) is 0 Å². The Kier molecular flexibility index (Phi) is 7.20. The van der Waals surface area contributed by atoms with E-state index in [1.807, 2.05) is 37.3 Å². The average Bonchev–Trinajstić information content (AvgIpc) is 3.35. The van der Waals surface area contributed by atoms with Crippen LogP contribution >= 0.6 is 11.3 Å². The summed E-state index contributed by atoms with van der Waals surface area (Å²) in [4.78, 5) is 28.7. The van der Waals surface area contributed by atoms with Crippen LogP contribution in [0.5, 0.6) is 0 Å². The molecule has 2 fully saturated rings. The highest BCUT2D eigenvalue weighted by molar-refractivity contribution is 7.89. The SMILES string of the molecule is Cc1ccc(S(=O)(=O)N2CC(=O)N(c3cc(-c4ccccc4)sc3C(=O)O)C(C3CCCCC3)C2)cc1. The molecule has 194 valence electrons. The molecule has 37 heavy (non-hydrogen) atoms. The van der Waals surface area contributed by atoms with Crippen LogP contribution in [0.3, 0.4) is 0 Å². The van der Waals surface area contributed by atoms with E-state index in [0.29, 0.717) is 5.69 Å². The summed E-state index contributed by atoms with van der Waals surface area (Å²) in [5, 5.41) is 10.1. The number of nitrogens with zero attached hydrogens (tertiary/aromatic N) is 2. The number of anilines is 1. The van der Waals surface area contributed by atoms with Gasteiger partial charge in [-0.05, 0) is 49.4 Å². The number of carbonyl (C=O) groups is 2. The van der Waals surface area contributed by atoms with Crippen molar-refractivity contribution >= 4 is 38.9 Å². The number of aryl methyl sites for hydroxylation is 1. The van der Waals surface area contributed by atoms with Gasteiger partial charge in [0.25, 0.3) is 0 Å². The summed E-state index contributed by atoms with van der Waals surface area (Å²) < 4.78 is 28.4. The number of benzene rings is 2. The number of piperazine rings is 1. The van der Waals surface area contributed by atoms with Crippen LogP contribution in [-0.2, 0) is 14.8 Å². The molecule has 0 radical (unpaired) electrons. The van der Waals surface area contributed by atoms with E-state index in [0.717, 1.165) is 59.4 Å². The molecule has 5 rings (SSSR count). The van der Waals surface area contributed by atoms with Crippen LogP contribution in [0.2, 0.25) is 0 Å². The van der Waals surface area contributed by atoms with Crippen molar-refractivity contribution in [2.24, 2.45) is 5.92 Å². The molecule has 0 spiro atoms. The predicted molar refractivity (Wildman–Crippen MR) is 145 cm³/mol. The number of rotatable bonds is 6. The van der Waals surface area contributed by atoms with E-state index in [4.69, 9.17) is 0 Å². The van der Waals surface area contributed by atoms with Gasteiger partial charge in [-0.25, -0.2) is 13.2 Å². The Labute approximate surface area is 221 Å². The van der Waals surface area contributed by atoms with Gasteiger partial charge < -0.3 is 10.0 Å². The number of thiophene rings is 1. The Hall–Kier alpha value is -3.01. The quantitative estimate of drug-likeness (QED) is 0.453. The summed E-state index contributed by atoms with van der Waals surface area (Å²) in [6.07, 6.45) is 4.90. The lowest BCUT2D eigenvalue weighted by atomic mass is 9.82. The molecule has 1 unspecified atom stereocenters. The number of amides is 1. The lowest BCUT2D eigenvalue weighted by Crippen LogP contribution is -2.60. The number of hydrogen-bond acceptors (Lipinski definition) is 5. The fourth-order valence-electron chi connectivity index (χ4n) is 5.46. The molecule has 7 nitrogen and oxygen atoms in total. The predicted octanol–water partition coefficient (Wildman–Crippen LogP) is 5.41. The van der Waals surface area contributed by atoms with E-state index < -0.39 is 27.9 Å². The van der Waals surface area contributed by atoms with Crippen molar-refractivity contribution in [3.05, 3.63) is 71.1 Å². The first kappa shape index (κ1) is 25.6. The van der Waals surface area contributed by atoms with Crippen molar-refractivity contribution in [2.75, 3.05) is 18.0 Å². The van der Waals surface area contributed by atoms with Crippen LogP contribution in [0.1, 0.15) is 47.3 Å². The maximum atomic E-state index is 13.7. The second kappa shape index (κ2) is 10.4. The molecule has 2 aromatic carbocycles. The van der Waals surface area contributed by atoms with Crippen LogP contribution in [0.4, 0.5) is 5.69 Å². The van der Waals surface area contributed by atoms with Gasteiger partial charge in [0.1, 0.15) is 4.88 Å². The third-order valence-electron chi connectivity index (χ3n) is 7.38. The molecule has 0 bridgehead atoms. The highest BCUT2D eigenvalue weighted by Crippen LogP contribution is 2.42. The lowest BCUT2D eigenvalue weighted by molar-refractivity contribution is -0.121. The van der Waals surface area contributed by atoms with E-state index in [9.17, 15) is 23.1 Å². The zero-order valence-corrected chi connectivity index (χ0v) is 22.3. The first-order valence-corrected chi connectivity index (χ1v) is 14.8. The highest BCUT2D eigenvalue weighted by Gasteiger charge is 2.44. The molecule has 1 saturated heterocycles. The van der Waals surface area contributed by atoms with Crippen LogP contribution in [-0.4, -0.2) is 48.8 Å². The van der Waals surface area contributed by atoms with Gasteiger partial charge in [0, 0.05) is 11.4 Å². The molecule has 2 aliphatic rings. The van der Waals surface area contributed by atoms with E-state index in [2.05, 4.69) is 0 Å². The van der Waals surface area contributed by atoms with Crippen molar-refractivity contribution in [1.29, 1.82) is 0 Å². The molecule has 2 heterocycles. The minimum absolute atomic E-state index is 0.0930. The first-order valence-electron chi connectivity index (χ1n) is 12.6. The molecule has 1 saturated carbocycles. The number of carboxylic acid groups (broad SMARTS) is 1. The Bertz CT molecular complexity index is 1390. The van der Waals surface area contributed by atoms with Gasteiger partial charge in [-0.3, -0.25) is 4.79 Å². The van der Waals surface area contributed by atoms with Crippen LogP contribution in [0, 0.1) is 12.8 Å². The Balaban J connectivity index is 1.56. The maximum Gasteiger partial charge on any atom is 0.348 e. The van der Waals surface area contributed by atoms with Crippen molar-refractivity contribution < 1.29 is 23.1 Å². The molecule has 1 atom stereocenters. The summed E-state index contributed by atoms with van der Waals surface area (Å²) in [6.45, 7) is 1.71. The van der Waals surface area contributed by atoms with E-state index >= 15 is 0 Å². The van der Waals surface area contributed by atoms with Crippen molar-refractivity contribution in [3.63, 3.8) is 0 Å². The van der Waals surface area contributed by atoms with E-state index in [1.54, 1.807) is 35.2 Å². The van der Waals surface area contributed by atoms with E-state index in [-0.39, 0.29) is 28.8 Å². The molecule has 1 N–H and O–H groups in total. The van der Waals surface area contributed by atoms with Gasteiger partial charge in [-0.15, -0.1) is 11.3 Å². The smallest absolute Gasteiger partial charge is 0.348 e. The summed E-state index contributed by atoms with van der Waals surface area (Å²) >= 11 is 1.14. The number of carbonyl (C=O) groups excluding carboxylic acids is 1. The summed E-state index contributed by atoms with van der Waals surface area (Å²) in [7, 11) is -3.88. The standard InChI is InChI=1S/C28H30N2O5S2/c1-19-12-14-22(15-13-19)37(34,35)29-17-24(20-8-4-2-5-9-20)30(26(31)18-29)23-16-25(36-27(23)28(32)33)21-10-6-3-7-11-21/h3,6-7,10-16,20,24H,2,4-5,8-9,17-18H2,1H3,(H,32,33). The minimum atomic E-state index is -3.88. The van der Waals surface area contributed by atoms with Gasteiger partial charge in [0.2, 0.25) is 15.9 Å². The third-order valence-corrected chi connectivity index (χ3v) is 10.4. The third kappa shape index (κ3) is 5.08. The van der Waals surface area contributed by atoms with Gasteiger partial charge in [-0.1, -0.05) is 67.3 Å². The van der Waals surface area contributed by atoms with Crippen molar-refractivity contribution in [2.45, 2.75) is 50.0 Å². The topological polar surface area (TPSA) is 95.0 Å². The maximum absolute atomic E-state index is 13.7. The van der Waals surface area contributed by atoms with Gasteiger partial charge >= 0.3 is 5.97 Å². The number of carboxylic acids is 1. The molecular weight excluding hydrogens is 508 g/mol. The van der Waals surface area contributed by atoms with Gasteiger partial charge in [0.05, 0.1) is 23.2 Å². The summed E-state index contributed by atoms with van der Waals surface area (Å²) in [5.41, 5.74) is 2.20. The average molecular weight is 539 g/mol. The molecule has 1 amide bonds. The number of aromatic carboxylic acids is 1. The monoisotopic (exact) mass is 538 g/mol. The molecule has 3 aromatic rings. The molecule has 1 aliphatic carbocycles. The number of hydrogen-bond donors (Lipinski definition) is 1. The summed E-state index contributed by atoms with van der Waals surface area (Å²) in [6, 6.07) is 17.5. The van der Waals surface area contributed by atoms with Crippen LogP contribution in [0.15, 0.2) is 65.6 Å². The fraction of sp³-hybridized carbons (Fsp3) is 0.357.